The number of nitrogens with two attached hydrogens (primary N) is 1. The fourth-order valence-electron chi connectivity index (χ4n) is 3.51. The zero-order valence-electron chi connectivity index (χ0n) is 17.4. The van der Waals surface area contributed by atoms with Gasteiger partial charge in [-0.2, -0.15) is 0 Å². The topological polar surface area (TPSA) is 140 Å². The molecule has 4 rings (SSSR count). The van der Waals surface area contributed by atoms with E-state index in [9.17, 15) is 19.2 Å². The van der Waals surface area contributed by atoms with Gasteiger partial charge in [-0.15, -0.1) is 22.7 Å². The molecule has 0 aromatic carbocycles. The molecule has 0 spiro atoms. The van der Waals surface area contributed by atoms with Crippen LogP contribution in [0.4, 0.5) is 10.0 Å². The molecule has 33 heavy (non-hydrogen) atoms. The van der Waals surface area contributed by atoms with Crippen molar-refractivity contribution < 1.29 is 23.9 Å². The molecule has 0 unspecified atom stereocenters. The summed E-state index contributed by atoms with van der Waals surface area (Å²) >= 11 is 2.49. The zero-order valence-corrected chi connectivity index (χ0v) is 19.0. The standard InChI is InChI=1S/C22H20N4O5S2/c23-18(28)14-7-9-32-20(14)25-16(27)11-31-22(30)17-13-5-1-2-6-15(13)33-21(17)26-19(29)12-4-3-8-24-10-12/h3-4,7-10H,1-2,5-6,11H2,(H2,23,28)(H,25,27)(H,26,29). The normalized spacial score (nSPS) is 12.5. The van der Waals surface area contributed by atoms with Crippen molar-refractivity contribution in [3.8, 4) is 0 Å². The summed E-state index contributed by atoms with van der Waals surface area (Å²) in [6.45, 7) is -0.546. The van der Waals surface area contributed by atoms with E-state index < -0.39 is 24.4 Å². The van der Waals surface area contributed by atoms with Gasteiger partial charge in [-0.1, -0.05) is 0 Å². The number of anilines is 2. The van der Waals surface area contributed by atoms with Crippen molar-refractivity contribution in [3.63, 3.8) is 0 Å². The van der Waals surface area contributed by atoms with Crippen LogP contribution in [0.25, 0.3) is 0 Å². The summed E-state index contributed by atoms with van der Waals surface area (Å²) in [4.78, 5) is 54.3. The highest BCUT2D eigenvalue weighted by atomic mass is 32.1. The predicted molar refractivity (Wildman–Crippen MR) is 125 cm³/mol. The average molecular weight is 485 g/mol. The summed E-state index contributed by atoms with van der Waals surface area (Å²) in [6.07, 6.45) is 6.45. The number of esters is 1. The fourth-order valence-corrected chi connectivity index (χ4v) is 5.59. The third kappa shape index (κ3) is 5.10. The van der Waals surface area contributed by atoms with Gasteiger partial charge in [-0.05, 0) is 54.8 Å². The molecule has 170 valence electrons. The molecule has 0 aliphatic heterocycles. The van der Waals surface area contributed by atoms with Gasteiger partial charge in [0.05, 0.1) is 16.7 Å². The SMILES string of the molecule is NC(=O)c1ccsc1NC(=O)COC(=O)c1c(NC(=O)c2cccnc2)sc2c1CCCC2. The Labute approximate surface area is 197 Å². The van der Waals surface area contributed by atoms with E-state index in [1.165, 1.54) is 23.6 Å². The van der Waals surface area contributed by atoms with Crippen LogP contribution in [0.3, 0.4) is 0 Å². The highest BCUT2D eigenvalue weighted by Crippen LogP contribution is 2.38. The van der Waals surface area contributed by atoms with Crippen LogP contribution in [0, 0.1) is 0 Å². The molecule has 0 atom stereocenters. The van der Waals surface area contributed by atoms with Crippen LogP contribution in [0.1, 0.15) is 54.4 Å². The van der Waals surface area contributed by atoms with E-state index in [1.807, 2.05) is 0 Å². The summed E-state index contributed by atoms with van der Waals surface area (Å²) in [6, 6.07) is 4.78. The minimum atomic E-state index is -0.688. The first-order valence-corrected chi connectivity index (χ1v) is 11.8. The minimum Gasteiger partial charge on any atom is -0.452 e. The highest BCUT2D eigenvalue weighted by molar-refractivity contribution is 7.17. The van der Waals surface area contributed by atoms with Crippen LogP contribution >= 0.6 is 22.7 Å². The quantitative estimate of drug-likeness (QED) is 0.440. The number of hydrogen-bond acceptors (Lipinski definition) is 8. The molecule has 0 bridgehead atoms. The maximum absolute atomic E-state index is 13.0. The van der Waals surface area contributed by atoms with Gasteiger partial charge >= 0.3 is 5.97 Å². The van der Waals surface area contributed by atoms with Crippen LogP contribution in [0.2, 0.25) is 0 Å². The number of fused-ring (bicyclic) bond motifs is 1. The molecule has 3 aromatic rings. The Bertz CT molecular complexity index is 1220. The van der Waals surface area contributed by atoms with E-state index in [0.29, 0.717) is 22.0 Å². The zero-order chi connectivity index (χ0) is 23.4. The molecular formula is C22H20N4O5S2. The number of aryl methyl sites for hydroxylation is 1. The predicted octanol–water partition coefficient (Wildman–Crippen LogP) is 3.23. The molecule has 0 saturated carbocycles. The Morgan fingerprint density at radius 1 is 1.09 bits per heavy atom. The molecule has 1 aliphatic rings. The van der Waals surface area contributed by atoms with Gasteiger partial charge in [0.15, 0.2) is 6.61 Å². The van der Waals surface area contributed by atoms with Crippen molar-refractivity contribution >= 4 is 56.4 Å². The van der Waals surface area contributed by atoms with Crippen LogP contribution in [0.15, 0.2) is 36.0 Å². The van der Waals surface area contributed by atoms with Crippen molar-refractivity contribution in [2.75, 3.05) is 17.2 Å². The second-order valence-corrected chi connectivity index (χ2v) is 9.28. The Morgan fingerprint density at radius 3 is 2.67 bits per heavy atom. The molecule has 3 heterocycles. The van der Waals surface area contributed by atoms with Gasteiger partial charge in [0, 0.05) is 17.3 Å². The summed E-state index contributed by atoms with van der Waals surface area (Å²) in [5.41, 5.74) is 6.97. The van der Waals surface area contributed by atoms with Gasteiger partial charge in [-0.3, -0.25) is 19.4 Å². The summed E-state index contributed by atoms with van der Waals surface area (Å²) in [7, 11) is 0. The van der Waals surface area contributed by atoms with Crippen LogP contribution in [-0.4, -0.2) is 35.3 Å². The van der Waals surface area contributed by atoms with Crippen molar-refractivity contribution in [1.29, 1.82) is 0 Å². The lowest BCUT2D eigenvalue weighted by molar-refractivity contribution is -0.119. The first-order valence-electron chi connectivity index (χ1n) is 10.1. The number of carbonyl (C=O) groups is 4. The Hall–Kier alpha value is -3.57. The third-order valence-corrected chi connectivity index (χ3v) is 7.08. The second-order valence-electron chi connectivity index (χ2n) is 7.26. The second kappa shape index (κ2) is 9.92. The molecule has 3 amide bonds. The number of rotatable bonds is 7. The number of pyridine rings is 1. The first kappa shape index (κ1) is 22.6. The molecule has 3 aromatic heterocycles. The number of nitrogens with zero attached hydrogens (tertiary/aromatic N) is 1. The van der Waals surface area contributed by atoms with E-state index in [2.05, 4.69) is 15.6 Å². The molecule has 0 fully saturated rings. The Kier molecular flexibility index (Phi) is 6.80. The van der Waals surface area contributed by atoms with Crippen LogP contribution in [0.5, 0.6) is 0 Å². The van der Waals surface area contributed by atoms with Gasteiger partial charge in [0.2, 0.25) is 0 Å². The molecule has 4 N–H and O–H groups in total. The Morgan fingerprint density at radius 2 is 1.91 bits per heavy atom. The Balaban J connectivity index is 1.48. The number of aromatic nitrogens is 1. The molecule has 0 radical (unpaired) electrons. The number of nitrogens with one attached hydrogen (secondary N) is 2. The molecule has 11 heteroatoms. The number of hydrogen-bond donors (Lipinski definition) is 3. The van der Waals surface area contributed by atoms with E-state index in [-0.39, 0.29) is 17.0 Å². The van der Waals surface area contributed by atoms with Gasteiger partial charge in [0.1, 0.15) is 10.0 Å². The van der Waals surface area contributed by atoms with Crippen molar-refractivity contribution in [2.24, 2.45) is 5.73 Å². The molecule has 0 saturated heterocycles. The summed E-state index contributed by atoms with van der Waals surface area (Å²) in [5, 5.41) is 7.64. The molecule has 1 aliphatic carbocycles. The van der Waals surface area contributed by atoms with Crippen molar-refractivity contribution in [2.45, 2.75) is 25.7 Å². The molecule has 9 nitrogen and oxygen atoms in total. The summed E-state index contributed by atoms with van der Waals surface area (Å²) in [5.74, 6) is -2.33. The maximum atomic E-state index is 13.0. The van der Waals surface area contributed by atoms with E-state index in [1.54, 1.807) is 23.7 Å². The van der Waals surface area contributed by atoms with Gasteiger partial charge < -0.3 is 21.1 Å². The largest absolute Gasteiger partial charge is 0.452 e. The smallest absolute Gasteiger partial charge is 0.341 e. The number of ether oxygens (including phenoxy) is 1. The van der Waals surface area contributed by atoms with E-state index >= 15 is 0 Å². The number of carbonyl (C=O) groups excluding carboxylic acids is 4. The lowest BCUT2D eigenvalue weighted by atomic mass is 9.95. The van der Waals surface area contributed by atoms with Crippen molar-refractivity contribution in [1.82, 2.24) is 4.98 Å². The summed E-state index contributed by atoms with van der Waals surface area (Å²) < 4.78 is 5.27. The molecular weight excluding hydrogens is 464 g/mol. The lowest BCUT2D eigenvalue weighted by Crippen LogP contribution is -2.23. The fraction of sp³-hybridized carbons (Fsp3) is 0.227. The van der Waals surface area contributed by atoms with Crippen LogP contribution < -0.4 is 16.4 Å². The van der Waals surface area contributed by atoms with E-state index in [0.717, 1.165) is 41.0 Å². The highest BCUT2D eigenvalue weighted by Gasteiger charge is 2.28. The average Bonchev–Trinajstić information content (AvgIpc) is 3.42. The maximum Gasteiger partial charge on any atom is 0.341 e. The minimum absolute atomic E-state index is 0.187. The van der Waals surface area contributed by atoms with Crippen molar-refractivity contribution in [3.05, 3.63) is 63.1 Å². The van der Waals surface area contributed by atoms with Gasteiger partial charge in [0.25, 0.3) is 17.7 Å². The number of amides is 3. The van der Waals surface area contributed by atoms with E-state index in [4.69, 9.17) is 10.5 Å². The first-order chi connectivity index (χ1) is 15.9. The van der Waals surface area contributed by atoms with Crippen LogP contribution in [-0.2, 0) is 22.4 Å². The monoisotopic (exact) mass is 484 g/mol. The van der Waals surface area contributed by atoms with Gasteiger partial charge in [-0.25, -0.2) is 4.79 Å². The number of primary amides is 1. The number of thiophene rings is 2. The lowest BCUT2D eigenvalue weighted by Gasteiger charge is -2.13. The third-order valence-electron chi connectivity index (χ3n) is 5.04.